The molecule has 2 aromatic heterocycles. The summed E-state index contributed by atoms with van der Waals surface area (Å²) in [6.07, 6.45) is 6.92. The average Bonchev–Trinajstić information content (AvgIpc) is 3.30. The minimum atomic E-state index is 0.0682. The lowest BCUT2D eigenvalue weighted by atomic mass is 9.95. The fraction of sp³-hybridized carbons (Fsp3) is 0.417. The number of amides is 1. The molecule has 33 heavy (non-hydrogen) atoms. The fourth-order valence-corrected chi connectivity index (χ4v) is 4.72. The van der Waals surface area contributed by atoms with Gasteiger partial charge in [0.1, 0.15) is 29.5 Å². The quantitative estimate of drug-likeness (QED) is 0.656. The monoisotopic (exact) mass is 447 g/mol. The molecule has 0 unspecified atom stereocenters. The maximum atomic E-state index is 13.2. The number of imidazole rings is 1. The zero-order chi connectivity index (χ0) is 22.8. The first kappa shape index (κ1) is 21.2. The van der Waals surface area contributed by atoms with E-state index >= 15 is 0 Å². The van der Waals surface area contributed by atoms with E-state index in [1.54, 1.807) is 24.7 Å². The van der Waals surface area contributed by atoms with Crippen molar-refractivity contribution >= 4 is 17.4 Å². The number of aromatic nitrogens is 4. The highest BCUT2D eigenvalue weighted by atomic mass is 16.3. The SMILES string of the molecule is Cc1nccn1-c1cc(N2CCC(C(=O)N3CCN(c4ccc(O)cc4)CC3)CC2)ncn1. The van der Waals surface area contributed by atoms with Crippen LogP contribution in [-0.4, -0.2) is 74.7 Å². The van der Waals surface area contributed by atoms with E-state index in [-0.39, 0.29) is 17.6 Å². The van der Waals surface area contributed by atoms with Gasteiger partial charge in [-0.15, -0.1) is 0 Å². The number of piperidine rings is 1. The van der Waals surface area contributed by atoms with Gasteiger partial charge in [0.05, 0.1) is 0 Å². The molecule has 1 amide bonds. The summed E-state index contributed by atoms with van der Waals surface area (Å²) in [6, 6.07) is 9.25. The molecule has 2 aliphatic rings. The lowest BCUT2D eigenvalue weighted by Crippen LogP contribution is -2.51. The van der Waals surface area contributed by atoms with E-state index in [2.05, 4.69) is 24.8 Å². The molecule has 1 N–H and O–H groups in total. The zero-order valence-corrected chi connectivity index (χ0v) is 18.8. The molecule has 2 saturated heterocycles. The molecule has 2 aliphatic heterocycles. The van der Waals surface area contributed by atoms with Gasteiger partial charge >= 0.3 is 0 Å². The molecule has 0 aliphatic carbocycles. The van der Waals surface area contributed by atoms with Gasteiger partial charge in [-0.2, -0.15) is 0 Å². The van der Waals surface area contributed by atoms with E-state index in [4.69, 9.17) is 0 Å². The molecule has 4 heterocycles. The second kappa shape index (κ2) is 9.09. The van der Waals surface area contributed by atoms with E-state index in [9.17, 15) is 9.90 Å². The molecule has 5 rings (SSSR count). The summed E-state index contributed by atoms with van der Waals surface area (Å²) in [6.45, 7) is 6.66. The topological polar surface area (TPSA) is 90.6 Å². The number of hydrogen-bond acceptors (Lipinski definition) is 7. The number of benzene rings is 1. The van der Waals surface area contributed by atoms with Crippen LogP contribution in [0.4, 0.5) is 11.5 Å². The van der Waals surface area contributed by atoms with Gasteiger partial charge in [0.25, 0.3) is 0 Å². The fourth-order valence-electron chi connectivity index (χ4n) is 4.72. The minimum Gasteiger partial charge on any atom is -0.508 e. The highest BCUT2D eigenvalue weighted by Crippen LogP contribution is 2.26. The number of phenolic OH excluding ortho intramolecular Hbond substituents is 1. The van der Waals surface area contributed by atoms with Gasteiger partial charge in [0.2, 0.25) is 5.91 Å². The van der Waals surface area contributed by atoms with E-state index in [1.807, 2.05) is 40.8 Å². The number of carbonyl (C=O) groups excluding carboxylic acids is 1. The van der Waals surface area contributed by atoms with Crippen molar-refractivity contribution in [2.75, 3.05) is 49.1 Å². The molecule has 2 fully saturated rings. The summed E-state index contributed by atoms with van der Waals surface area (Å²) in [5.74, 6) is 3.20. The Bertz CT molecular complexity index is 1100. The Morgan fingerprint density at radius 3 is 2.27 bits per heavy atom. The standard InChI is InChI=1S/C24H29N7O2/c1-18-25-8-11-31(18)23-16-22(26-17-27-23)29-9-6-19(7-10-29)24(33)30-14-12-28(13-15-30)20-2-4-21(32)5-3-20/h2-5,8,11,16-17,19,32H,6-7,9-10,12-15H2,1H3. The van der Waals surface area contributed by atoms with Crippen LogP contribution in [0, 0.1) is 12.8 Å². The second-order valence-electron chi connectivity index (χ2n) is 8.67. The van der Waals surface area contributed by atoms with Crippen LogP contribution in [0.2, 0.25) is 0 Å². The number of nitrogens with zero attached hydrogens (tertiary/aromatic N) is 7. The van der Waals surface area contributed by atoms with Crippen molar-refractivity contribution < 1.29 is 9.90 Å². The van der Waals surface area contributed by atoms with Crippen LogP contribution in [0.5, 0.6) is 5.75 Å². The first-order valence-electron chi connectivity index (χ1n) is 11.5. The van der Waals surface area contributed by atoms with Crippen LogP contribution in [0.3, 0.4) is 0 Å². The molecule has 172 valence electrons. The molecular formula is C24H29N7O2. The van der Waals surface area contributed by atoms with Gasteiger partial charge < -0.3 is 19.8 Å². The normalized spacial score (nSPS) is 17.4. The van der Waals surface area contributed by atoms with Crippen molar-refractivity contribution in [3.8, 4) is 11.6 Å². The number of rotatable bonds is 4. The van der Waals surface area contributed by atoms with Crippen LogP contribution in [0.25, 0.3) is 5.82 Å². The van der Waals surface area contributed by atoms with Crippen molar-refractivity contribution in [1.82, 2.24) is 24.4 Å². The lowest BCUT2D eigenvalue weighted by Gasteiger charge is -2.39. The number of aryl methyl sites for hydroxylation is 1. The number of carbonyl (C=O) groups is 1. The highest BCUT2D eigenvalue weighted by molar-refractivity contribution is 5.79. The predicted octanol–water partition coefficient (Wildman–Crippen LogP) is 2.24. The van der Waals surface area contributed by atoms with Crippen molar-refractivity contribution in [3.63, 3.8) is 0 Å². The van der Waals surface area contributed by atoms with Gasteiger partial charge in [0.15, 0.2) is 0 Å². The molecule has 0 atom stereocenters. The third-order valence-corrected chi connectivity index (χ3v) is 6.69. The summed E-state index contributed by atoms with van der Waals surface area (Å²) >= 11 is 0. The van der Waals surface area contributed by atoms with E-state index in [0.29, 0.717) is 0 Å². The van der Waals surface area contributed by atoms with Gasteiger partial charge in [0, 0.05) is 69.3 Å². The zero-order valence-electron chi connectivity index (χ0n) is 18.8. The van der Waals surface area contributed by atoms with Gasteiger partial charge in [-0.05, 0) is 44.0 Å². The Labute approximate surface area is 193 Å². The smallest absolute Gasteiger partial charge is 0.225 e. The van der Waals surface area contributed by atoms with Crippen LogP contribution in [-0.2, 0) is 4.79 Å². The molecule has 9 nitrogen and oxygen atoms in total. The minimum absolute atomic E-state index is 0.0682. The number of aromatic hydroxyl groups is 1. The van der Waals surface area contributed by atoms with Gasteiger partial charge in [-0.25, -0.2) is 15.0 Å². The van der Waals surface area contributed by atoms with Crippen molar-refractivity contribution in [2.45, 2.75) is 19.8 Å². The maximum Gasteiger partial charge on any atom is 0.225 e. The Balaban J connectivity index is 1.15. The molecule has 1 aromatic carbocycles. The molecule has 0 bridgehead atoms. The van der Waals surface area contributed by atoms with E-state index in [0.717, 1.165) is 75.3 Å². The highest BCUT2D eigenvalue weighted by Gasteiger charge is 2.31. The first-order valence-corrected chi connectivity index (χ1v) is 11.5. The van der Waals surface area contributed by atoms with Gasteiger partial charge in [-0.1, -0.05) is 0 Å². The maximum absolute atomic E-state index is 13.2. The van der Waals surface area contributed by atoms with Crippen molar-refractivity contribution in [3.05, 3.63) is 54.9 Å². The Morgan fingerprint density at radius 1 is 0.909 bits per heavy atom. The first-order chi connectivity index (χ1) is 16.1. The third-order valence-electron chi connectivity index (χ3n) is 6.69. The Hall–Kier alpha value is -3.62. The third kappa shape index (κ3) is 4.48. The van der Waals surface area contributed by atoms with E-state index in [1.165, 1.54) is 0 Å². The second-order valence-corrected chi connectivity index (χ2v) is 8.67. The summed E-state index contributed by atoms with van der Waals surface area (Å²) in [4.78, 5) is 32.8. The molecule has 9 heteroatoms. The van der Waals surface area contributed by atoms with Crippen molar-refractivity contribution in [2.24, 2.45) is 5.92 Å². The summed E-state index contributed by atoms with van der Waals surface area (Å²) in [5, 5.41) is 9.49. The van der Waals surface area contributed by atoms with Crippen molar-refractivity contribution in [1.29, 1.82) is 0 Å². The summed E-state index contributed by atoms with van der Waals surface area (Å²) < 4.78 is 1.94. The largest absolute Gasteiger partial charge is 0.508 e. The van der Waals surface area contributed by atoms with Crippen LogP contribution < -0.4 is 9.80 Å². The molecular weight excluding hydrogens is 418 g/mol. The molecule has 0 spiro atoms. The molecule has 3 aromatic rings. The number of anilines is 2. The van der Waals surface area contributed by atoms with Crippen LogP contribution in [0.15, 0.2) is 49.1 Å². The number of hydrogen-bond donors (Lipinski definition) is 1. The van der Waals surface area contributed by atoms with E-state index < -0.39 is 0 Å². The summed E-state index contributed by atoms with van der Waals surface area (Å²) in [7, 11) is 0. The Morgan fingerprint density at radius 2 is 1.61 bits per heavy atom. The summed E-state index contributed by atoms with van der Waals surface area (Å²) in [5.41, 5.74) is 1.09. The van der Waals surface area contributed by atoms with Crippen LogP contribution >= 0.6 is 0 Å². The predicted molar refractivity (Wildman–Crippen MR) is 126 cm³/mol. The van der Waals surface area contributed by atoms with Crippen LogP contribution in [0.1, 0.15) is 18.7 Å². The molecule has 0 saturated carbocycles. The number of phenols is 1. The lowest BCUT2D eigenvalue weighted by molar-refractivity contribution is -0.136. The van der Waals surface area contributed by atoms with Gasteiger partial charge in [-0.3, -0.25) is 9.36 Å². The average molecular weight is 448 g/mol. The Kier molecular flexibility index (Phi) is 5.85. The number of piperazine rings is 1. The molecule has 0 radical (unpaired) electrons.